The van der Waals surface area contributed by atoms with Crippen LogP contribution in [0.15, 0.2) is 35.1 Å². The first-order chi connectivity index (χ1) is 11.4. The van der Waals surface area contributed by atoms with Gasteiger partial charge in [0.25, 0.3) is 5.56 Å². The Hall–Kier alpha value is -2.96. The number of nitriles is 1. The molecule has 2 heterocycles. The van der Waals surface area contributed by atoms with Crippen molar-refractivity contribution in [3.05, 3.63) is 51.8 Å². The zero-order valence-corrected chi connectivity index (χ0v) is 14.0. The Kier molecular flexibility index (Phi) is 8.83. The number of ether oxygens (including phenoxy) is 1. The third kappa shape index (κ3) is 5.27. The Morgan fingerprint density at radius 1 is 1.20 bits per heavy atom. The number of fused-ring (bicyclic) bond motifs is 3. The Bertz CT molecular complexity index is 1050. The van der Waals surface area contributed by atoms with Gasteiger partial charge in [-0.25, -0.2) is 0 Å². The first-order valence-electron chi connectivity index (χ1n) is 6.57. The molecule has 9 heteroatoms. The summed E-state index contributed by atoms with van der Waals surface area (Å²) >= 11 is 0. The van der Waals surface area contributed by atoms with E-state index in [9.17, 15) is 4.79 Å². The SMILES string of the molecule is C.COC.Cc1cc(=O)n2c([nH]c3ccccc32)c1C#N.O=S(=O)=O. The first-order valence-corrected chi connectivity index (χ1v) is 7.57. The fraction of sp³-hybridized carbons (Fsp3) is 0.250. The molecule has 0 fully saturated rings. The maximum atomic E-state index is 12.0. The van der Waals surface area contributed by atoms with Crippen LogP contribution < -0.4 is 5.56 Å². The molecule has 0 aliphatic heterocycles. The van der Waals surface area contributed by atoms with Crippen molar-refractivity contribution in [1.82, 2.24) is 9.38 Å². The van der Waals surface area contributed by atoms with Gasteiger partial charge in [0.15, 0.2) is 0 Å². The molecule has 0 aliphatic rings. The third-order valence-corrected chi connectivity index (χ3v) is 2.92. The van der Waals surface area contributed by atoms with Crippen LogP contribution in [0.25, 0.3) is 16.7 Å². The fourth-order valence-corrected chi connectivity index (χ4v) is 2.13. The highest BCUT2D eigenvalue weighted by molar-refractivity contribution is 7.59. The van der Waals surface area contributed by atoms with Crippen molar-refractivity contribution in [2.75, 3.05) is 14.2 Å². The van der Waals surface area contributed by atoms with Gasteiger partial charge in [-0.1, -0.05) is 19.6 Å². The largest absolute Gasteiger partial charge is 0.425 e. The maximum absolute atomic E-state index is 12.0. The number of para-hydroxylation sites is 2. The predicted octanol–water partition coefficient (Wildman–Crippen LogP) is 1.86. The quantitative estimate of drug-likeness (QED) is 0.649. The van der Waals surface area contributed by atoms with Crippen molar-refractivity contribution in [1.29, 1.82) is 5.26 Å². The zero-order valence-electron chi connectivity index (χ0n) is 13.2. The highest BCUT2D eigenvalue weighted by Crippen LogP contribution is 2.18. The second-order valence-corrected chi connectivity index (χ2v) is 5.00. The minimum absolute atomic E-state index is 0. The number of methoxy groups -OCH3 is 1. The number of imidazole rings is 1. The standard InChI is InChI=1S/C13H9N3O.C2H6O.CH4.O3S/c1-8-6-12(17)16-11-5-3-2-4-10(11)15-13(16)9(8)7-14;1-3-2;;1-4(2)3/h2-6,15H,1H3;1-2H3;1H4;. The number of benzene rings is 1. The molecule has 0 saturated carbocycles. The molecule has 8 nitrogen and oxygen atoms in total. The highest BCUT2D eigenvalue weighted by Gasteiger charge is 2.11. The Morgan fingerprint density at radius 2 is 1.72 bits per heavy atom. The van der Waals surface area contributed by atoms with Crippen LogP contribution in [0.2, 0.25) is 0 Å². The number of aromatic amines is 1. The molecule has 2 aromatic heterocycles. The van der Waals surface area contributed by atoms with E-state index in [4.69, 9.17) is 17.9 Å². The lowest BCUT2D eigenvalue weighted by atomic mass is 10.2. The summed E-state index contributed by atoms with van der Waals surface area (Å²) in [5, 5.41) is 9.15. The van der Waals surface area contributed by atoms with Crippen LogP contribution in [-0.2, 0) is 15.3 Å². The molecule has 0 aliphatic carbocycles. The van der Waals surface area contributed by atoms with E-state index >= 15 is 0 Å². The maximum Gasteiger partial charge on any atom is 0.425 e. The van der Waals surface area contributed by atoms with E-state index in [1.54, 1.807) is 25.5 Å². The zero-order chi connectivity index (χ0) is 18.3. The highest BCUT2D eigenvalue weighted by atomic mass is 32.2. The summed E-state index contributed by atoms with van der Waals surface area (Å²) in [5.74, 6) is 0. The topological polar surface area (TPSA) is 121 Å². The van der Waals surface area contributed by atoms with Gasteiger partial charge >= 0.3 is 10.6 Å². The number of aromatic nitrogens is 2. The smallest absolute Gasteiger partial charge is 0.388 e. The number of hydrogen-bond acceptors (Lipinski definition) is 6. The Morgan fingerprint density at radius 3 is 2.24 bits per heavy atom. The molecule has 1 aromatic carbocycles. The van der Waals surface area contributed by atoms with Crippen LogP contribution in [0.5, 0.6) is 0 Å². The van der Waals surface area contributed by atoms with Crippen molar-refractivity contribution >= 4 is 27.3 Å². The van der Waals surface area contributed by atoms with E-state index in [2.05, 4.69) is 15.8 Å². The lowest BCUT2D eigenvalue weighted by Gasteiger charge is -1.99. The van der Waals surface area contributed by atoms with Gasteiger partial charge in [0.2, 0.25) is 0 Å². The Labute approximate surface area is 146 Å². The minimum Gasteiger partial charge on any atom is -0.388 e. The van der Waals surface area contributed by atoms with Crippen LogP contribution in [0, 0.1) is 18.3 Å². The Balaban J connectivity index is 0.000000626. The van der Waals surface area contributed by atoms with Crippen LogP contribution in [-0.4, -0.2) is 36.2 Å². The summed E-state index contributed by atoms with van der Waals surface area (Å²) in [6.07, 6.45) is 0. The number of hydrogen-bond donors (Lipinski definition) is 1. The normalized spacial score (nSPS) is 9.04. The lowest BCUT2D eigenvalue weighted by molar-refractivity contribution is 0.277. The van der Waals surface area contributed by atoms with E-state index in [1.165, 1.54) is 6.07 Å². The molecular formula is C16H19N3O5S. The van der Waals surface area contributed by atoms with E-state index in [1.807, 2.05) is 24.3 Å². The van der Waals surface area contributed by atoms with E-state index < -0.39 is 10.6 Å². The predicted molar refractivity (Wildman–Crippen MR) is 94.3 cm³/mol. The van der Waals surface area contributed by atoms with Crippen LogP contribution in [0.3, 0.4) is 0 Å². The van der Waals surface area contributed by atoms with E-state index in [-0.39, 0.29) is 13.0 Å². The fourth-order valence-electron chi connectivity index (χ4n) is 2.13. The molecule has 25 heavy (non-hydrogen) atoms. The number of aryl methyl sites for hydroxylation is 1. The monoisotopic (exact) mass is 365 g/mol. The van der Waals surface area contributed by atoms with Gasteiger partial charge in [0, 0.05) is 20.3 Å². The molecule has 0 bridgehead atoms. The van der Waals surface area contributed by atoms with Crippen molar-refractivity contribution in [3.63, 3.8) is 0 Å². The van der Waals surface area contributed by atoms with Crippen LogP contribution in [0.1, 0.15) is 18.6 Å². The average molecular weight is 365 g/mol. The van der Waals surface area contributed by atoms with Gasteiger partial charge in [0.05, 0.1) is 16.6 Å². The van der Waals surface area contributed by atoms with E-state index in [0.717, 1.165) is 11.0 Å². The number of rotatable bonds is 0. The van der Waals surface area contributed by atoms with Crippen molar-refractivity contribution in [2.45, 2.75) is 14.4 Å². The molecule has 0 radical (unpaired) electrons. The molecule has 0 unspecified atom stereocenters. The average Bonchev–Trinajstić information content (AvgIpc) is 2.87. The number of pyridine rings is 1. The van der Waals surface area contributed by atoms with Gasteiger partial charge < -0.3 is 9.72 Å². The van der Waals surface area contributed by atoms with Crippen LogP contribution >= 0.6 is 0 Å². The van der Waals surface area contributed by atoms with Gasteiger partial charge in [0.1, 0.15) is 11.7 Å². The van der Waals surface area contributed by atoms with Crippen molar-refractivity contribution < 1.29 is 17.4 Å². The number of nitrogens with zero attached hydrogens (tertiary/aromatic N) is 2. The van der Waals surface area contributed by atoms with Gasteiger partial charge in [-0.15, -0.1) is 12.6 Å². The van der Waals surface area contributed by atoms with Crippen molar-refractivity contribution in [2.24, 2.45) is 0 Å². The molecule has 0 spiro atoms. The molecule has 0 amide bonds. The molecule has 3 rings (SSSR count). The summed E-state index contributed by atoms with van der Waals surface area (Å²) in [6.45, 7) is 1.77. The summed E-state index contributed by atoms with van der Waals surface area (Å²) < 4.78 is 31.1. The molecular weight excluding hydrogens is 346 g/mol. The molecule has 0 saturated heterocycles. The second kappa shape index (κ2) is 10.0. The molecule has 0 atom stereocenters. The third-order valence-electron chi connectivity index (χ3n) is 2.92. The molecule has 3 aromatic rings. The van der Waals surface area contributed by atoms with Gasteiger partial charge in [-0.05, 0) is 24.6 Å². The van der Waals surface area contributed by atoms with Crippen LogP contribution in [0.4, 0.5) is 0 Å². The lowest BCUT2D eigenvalue weighted by Crippen LogP contribution is -2.13. The minimum atomic E-state index is -3.11. The first kappa shape index (κ1) is 22.0. The van der Waals surface area contributed by atoms with E-state index in [0.29, 0.717) is 16.8 Å². The molecule has 134 valence electrons. The summed E-state index contributed by atoms with van der Waals surface area (Å²) in [5.41, 5.74) is 3.31. The number of H-pyrrole nitrogens is 1. The summed E-state index contributed by atoms with van der Waals surface area (Å²) in [4.78, 5) is 15.1. The van der Waals surface area contributed by atoms with Gasteiger partial charge in [-0.3, -0.25) is 9.20 Å². The summed E-state index contributed by atoms with van der Waals surface area (Å²) in [6, 6.07) is 11.1. The summed E-state index contributed by atoms with van der Waals surface area (Å²) in [7, 11) is 0.139. The number of nitrogens with one attached hydrogen (secondary N) is 1. The molecule has 1 N–H and O–H groups in total. The van der Waals surface area contributed by atoms with Gasteiger partial charge in [-0.2, -0.15) is 5.26 Å². The van der Waals surface area contributed by atoms with Crippen molar-refractivity contribution in [3.8, 4) is 6.07 Å². The second-order valence-electron chi connectivity index (χ2n) is 4.59.